The van der Waals surface area contributed by atoms with Crippen LogP contribution < -0.4 is 4.74 Å². The van der Waals surface area contributed by atoms with Crippen LogP contribution in [0.25, 0.3) is 0 Å². The van der Waals surface area contributed by atoms with Crippen LogP contribution in [0.5, 0.6) is 5.75 Å². The lowest BCUT2D eigenvalue weighted by atomic mass is 9.84. The van der Waals surface area contributed by atoms with Crippen molar-refractivity contribution in [1.29, 1.82) is 0 Å². The normalized spacial score (nSPS) is 26.5. The fourth-order valence-electron chi connectivity index (χ4n) is 6.45. The number of amides is 1. The summed E-state index contributed by atoms with van der Waals surface area (Å²) in [5, 5.41) is 9.89. The van der Waals surface area contributed by atoms with Gasteiger partial charge in [0, 0.05) is 16.6 Å². The van der Waals surface area contributed by atoms with Gasteiger partial charge in [0.2, 0.25) is 0 Å². The lowest BCUT2D eigenvalue weighted by Crippen LogP contribution is -2.59. The third kappa shape index (κ3) is 4.78. The molecule has 1 saturated carbocycles. The monoisotopic (exact) mass is 542 g/mol. The minimum atomic E-state index is -1.24. The number of ether oxygens (including phenoxy) is 2. The molecule has 0 unspecified atom stereocenters. The van der Waals surface area contributed by atoms with Crippen LogP contribution in [0.3, 0.4) is 0 Å². The predicted molar refractivity (Wildman–Crippen MR) is 139 cm³/mol. The van der Waals surface area contributed by atoms with Gasteiger partial charge in [-0.05, 0) is 99.3 Å². The summed E-state index contributed by atoms with van der Waals surface area (Å²) >= 11 is 6.17. The quantitative estimate of drug-likeness (QED) is 0.569. The molecule has 6 rings (SSSR count). The van der Waals surface area contributed by atoms with E-state index in [1.165, 1.54) is 12.1 Å². The first-order valence-electron chi connectivity index (χ1n) is 13.5. The molecule has 2 aromatic carbocycles. The third-order valence-corrected chi connectivity index (χ3v) is 9.00. The second-order valence-electron chi connectivity index (χ2n) is 11.1. The summed E-state index contributed by atoms with van der Waals surface area (Å²) in [7, 11) is 0. The summed E-state index contributed by atoms with van der Waals surface area (Å²) < 4.78 is 26.2. The number of benzene rings is 2. The van der Waals surface area contributed by atoms with Crippen LogP contribution in [-0.2, 0) is 16.1 Å². The molecule has 0 radical (unpaired) electrons. The summed E-state index contributed by atoms with van der Waals surface area (Å²) in [4.78, 5) is 29.4. The number of piperidine rings is 1. The number of aromatic carboxylic acids is 1. The van der Waals surface area contributed by atoms with Crippen molar-refractivity contribution in [3.05, 3.63) is 63.9 Å². The topological polar surface area (TPSA) is 79.3 Å². The number of rotatable bonds is 5. The van der Waals surface area contributed by atoms with Crippen LogP contribution in [0.2, 0.25) is 5.02 Å². The number of carboxylic acids is 1. The van der Waals surface area contributed by atoms with Crippen molar-refractivity contribution in [3.63, 3.8) is 0 Å². The van der Waals surface area contributed by atoms with Gasteiger partial charge in [-0.25, -0.2) is 9.18 Å². The molecule has 1 N–H and O–H groups in total. The highest BCUT2D eigenvalue weighted by Crippen LogP contribution is 2.48. The number of fused-ring (bicyclic) bond motifs is 1. The SMILES string of the molecule is O=C(O)c1cc(C2CCN([C@@H]3CC[C@@](C(=O)N4COc5ccc(Cl)cc5C4)(C4CC4)OC3)CC2)ccc1F. The molecule has 3 aliphatic heterocycles. The Kier molecular flexibility index (Phi) is 6.82. The van der Waals surface area contributed by atoms with E-state index in [1.54, 1.807) is 17.0 Å². The van der Waals surface area contributed by atoms with E-state index >= 15 is 0 Å². The first kappa shape index (κ1) is 25.6. The second-order valence-corrected chi connectivity index (χ2v) is 11.5. The average Bonchev–Trinajstić information content (AvgIpc) is 3.79. The standard InChI is InChI=1S/C29H32ClFN2O5/c30-22-4-6-26-20(13-22)15-33(17-37-26)28(36)29(21-2-3-21)10-7-23(16-38-29)32-11-8-18(9-12-32)19-1-5-25(31)24(14-19)27(34)35/h1,4-6,13-14,18,21,23H,2-3,7-12,15-17H2,(H,34,35)/t23-,29+/m1/s1. The Labute approximate surface area is 226 Å². The van der Waals surface area contributed by atoms with Gasteiger partial charge in [-0.15, -0.1) is 0 Å². The maximum Gasteiger partial charge on any atom is 0.338 e. The van der Waals surface area contributed by atoms with E-state index in [9.17, 15) is 19.1 Å². The van der Waals surface area contributed by atoms with Crippen LogP contribution in [0.15, 0.2) is 36.4 Å². The molecule has 38 heavy (non-hydrogen) atoms. The van der Waals surface area contributed by atoms with E-state index in [0.29, 0.717) is 24.6 Å². The molecule has 3 heterocycles. The van der Waals surface area contributed by atoms with Crippen LogP contribution in [-0.4, -0.2) is 64.9 Å². The number of hydrogen-bond acceptors (Lipinski definition) is 5. The molecule has 202 valence electrons. The van der Waals surface area contributed by atoms with Gasteiger partial charge in [0.05, 0.1) is 18.7 Å². The maximum atomic E-state index is 13.8. The van der Waals surface area contributed by atoms with Crippen molar-refractivity contribution in [2.45, 2.75) is 62.6 Å². The van der Waals surface area contributed by atoms with Crippen LogP contribution in [0.4, 0.5) is 4.39 Å². The summed E-state index contributed by atoms with van der Waals surface area (Å²) in [5.74, 6) is -0.684. The first-order chi connectivity index (χ1) is 18.3. The smallest absolute Gasteiger partial charge is 0.338 e. The molecule has 0 spiro atoms. The van der Waals surface area contributed by atoms with Gasteiger partial charge < -0.3 is 19.5 Å². The number of carboxylic acid groups (broad SMARTS) is 1. The Morgan fingerprint density at radius 3 is 2.53 bits per heavy atom. The molecule has 2 atom stereocenters. The molecule has 0 aromatic heterocycles. The van der Waals surface area contributed by atoms with Crippen molar-refractivity contribution < 1.29 is 28.6 Å². The van der Waals surface area contributed by atoms with E-state index in [2.05, 4.69) is 4.90 Å². The number of carbonyl (C=O) groups is 2. The van der Waals surface area contributed by atoms with Crippen molar-refractivity contribution in [2.24, 2.45) is 5.92 Å². The van der Waals surface area contributed by atoms with E-state index in [-0.39, 0.29) is 36.1 Å². The lowest BCUT2D eigenvalue weighted by Gasteiger charge is -2.46. The fraction of sp³-hybridized carbons (Fsp3) is 0.517. The summed E-state index contributed by atoms with van der Waals surface area (Å²) in [6.07, 6.45) is 5.36. The minimum absolute atomic E-state index is 0.0216. The van der Waals surface area contributed by atoms with Gasteiger partial charge >= 0.3 is 5.97 Å². The highest BCUT2D eigenvalue weighted by atomic mass is 35.5. The molecule has 4 aliphatic rings. The number of halogens is 2. The van der Waals surface area contributed by atoms with Crippen molar-refractivity contribution in [3.8, 4) is 5.75 Å². The van der Waals surface area contributed by atoms with Crippen LogP contribution in [0.1, 0.15) is 65.9 Å². The molecule has 0 bridgehead atoms. The average molecular weight is 543 g/mol. The highest BCUT2D eigenvalue weighted by Gasteiger charge is 2.56. The van der Waals surface area contributed by atoms with Gasteiger partial charge in [0.15, 0.2) is 6.73 Å². The highest BCUT2D eigenvalue weighted by molar-refractivity contribution is 6.30. The molecule has 7 nitrogen and oxygen atoms in total. The summed E-state index contributed by atoms with van der Waals surface area (Å²) in [6.45, 7) is 2.93. The van der Waals surface area contributed by atoms with Gasteiger partial charge in [-0.2, -0.15) is 0 Å². The molecule has 3 fully saturated rings. The zero-order chi connectivity index (χ0) is 26.4. The van der Waals surface area contributed by atoms with Crippen molar-refractivity contribution in [1.82, 2.24) is 9.80 Å². The van der Waals surface area contributed by atoms with E-state index in [4.69, 9.17) is 21.1 Å². The van der Waals surface area contributed by atoms with Crippen molar-refractivity contribution >= 4 is 23.5 Å². The molecular formula is C29H32ClFN2O5. The minimum Gasteiger partial charge on any atom is -0.478 e. The van der Waals surface area contributed by atoms with E-state index in [1.807, 2.05) is 12.1 Å². The van der Waals surface area contributed by atoms with Gasteiger partial charge in [-0.3, -0.25) is 9.69 Å². The third-order valence-electron chi connectivity index (χ3n) is 8.77. The Morgan fingerprint density at radius 2 is 1.84 bits per heavy atom. The largest absolute Gasteiger partial charge is 0.478 e. The number of nitrogens with zero attached hydrogens (tertiary/aromatic N) is 2. The van der Waals surface area contributed by atoms with E-state index < -0.39 is 17.4 Å². The van der Waals surface area contributed by atoms with Crippen LogP contribution in [0, 0.1) is 11.7 Å². The number of hydrogen-bond donors (Lipinski definition) is 1. The number of likely N-dealkylation sites (tertiary alicyclic amines) is 1. The van der Waals surface area contributed by atoms with E-state index in [0.717, 1.165) is 62.1 Å². The second kappa shape index (κ2) is 10.1. The molecule has 1 aliphatic carbocycles. The zero-order valence-corrected chi connectivity index (χ0v) is 22.0. The maximum absolute atomic E-state index is 13.8. The zero-order valence-electron chi connectivity index (χ0n) is 21.2. The van der Waals surface area contributed by atoms with Gasteiger partial charge in [-0.1, -0.05) is 17.7 Å². The Hall–Kier alpha value is -2.68. The van der Waals surface area contributed by atoms with Gasteiger partial charge in [0.1, 0.15) is 17.2 Å². The predicted octanol–water partition coefficient (Wildman–Crippen LogP) is 5.06. The van der Waals surface area contributed by atoms with Crippen LogP contribution >= 0.6 is 11.6 Å². The Bertz CT molecular complexity index is 1240. The molecule has 1 amide bonds. The van der Waals surface area contributed by atoms with Crippen molar-refractivity contribution in [2.75, 3.05) is 26.4 Å². The molecule has 2 saturated heterocycles. The molecule has 2 aromatic rings. The first-order valence-corrected chi connectivity index (χ1v) is 13.8. The lowest BCUT2D eigenvalue weighted by molar-refractivity contribution is -0.180. The molecule has 9 heteroatoms. The Morgan fingerprint density at radius 1 is 1.05 bits per heavy atom. The number of carbonyl (C=O) groups excluding carboxylic acids is 1. The summed E-state index contributed by atoms with van der Waals surface area (Å²) in [6, 6.07) is 10.2. The fourth-order valence-corrected chi connectivity index (χ4v) is 6.65. The molecular weight excluding hydrogens is 511 g/mol. The Balaban J connectivity index is 1.08. The van der Waals surface area contributed by atoms with Gasteiger partial charge in [0.25, 0.3) is 5.91 Å². The summed E-state index contributed by atoms with van der Waals surface area (Å²) in [5.41, 5.74) is 0.747.